The van der Waals surface area contributed by atoms with E-state index >= 15 is 0 Å². The topological polar surface area (TPSA) is 49.7 Å². The fraction of sp³-hybridized carbons (Fsp3) is 0.767. The van der Waals surface area contributed by atoms with Gasteiger partial charge < -0.3 is 14.9 Å². The molecule has 0 aliphatic heterocycles. The molecule has 0 radical (unpaired) electrons. The number of aliphatic hydroxyl groups is 1. The molecule has 1 rings (SSSR count). The molecule has 2 unspecified atom stereocenters. The lowest BCUT2D eigenvalue weighted by Gasteiger charge is -2.22. The third kappa shape index (κ3) is 41.0. The standard InChI is InChI=1S/C60H106O3/c1-4-7-10-12-14-16-18-20-22-24-26-27-28-29-30-31-33-34-36-38-40-42-44-46-48-50-56-53-57(61)55-58(54-56)63-60(52-9-6-3)59(62)51-49-47-45-43-41-39-37-35-32-25-23-21-19-17-15-13-11-8-5-2/h6,9,20-23,52-55,59-62H,3-5,7-8,10-19,24-51H2,1-2H3/b22-20+,23-21-,52-9-. The summed E-state index contributed by atoms with van der Waals surface area (Å²) in [6.07, 6.45) is 69.3. The van der Waals surface area contributed by atoms with Gasteiger partial charge in [0.05, 0.1) is 6.10 Å². The monoisotopic (exact) mass is 875 g/mol. The van der Waals surface area contributed by atoms with Crippen LogP contribution in [0.5, 0.6) is 11.5 Å². The van der Waals surface area contributed by atoms with E-state index in [4.69, 9.17) is 4.74 Å². The zero-order valence-electron chi connectivity index (χ0n) is 42.1. The normalized spacial score (nSPS) is 12.9. The Labute approximate surface area is 393 Å². The van der Waals surface area contributed by atoms with Crippen molar-refractivity contribution in [3.05, 3.63) is 72.9 Å². The third-order valence-electron chi connectivity index (χ3n) is 13.0. The molecule has 0 aliphatic rings. The lowest BCUT2D eigenvalue weighted by molar-refractivity contribution is 0.0557. The number of phenolic OH excluding ortho intramolecular Hbond substituents is 1. The number of aryl methyl sites for hydroxylation is 1. The van der Waals surface area contributed by atoms with Crippen molar-refractivity contribution in [1.29, 1.82) is 0 Å². The van der Waals surface area contributed by atoms with Gasteiger partial charge in [-0.05, 0) is 94.4 Å². The number of hydrogen-bond donors (Lipinski definition) is 2. The van der Waals surface area contributed by atoms with Gasteiger partial charge in [0.1, 0.15) is 17.6 Å². The Morgan fingerprint density at radius 2 is 0.810 bits per heavy atom. The first kappa shape index (κ1) is 58.8. The summed E-state index contributed by atoms with van der Waals surface area (Å²) >= 11 is 0. The molecule has 0 amide bonds. The van der Waals surface area contributed by atoms with Crippen LogP contribution in [0.4, 0.5) is 0 Å². The van der Waals surface area contributed by atoms with Gasteiger partial charge in [0.25, 0.3) is 0 Å². The van der Waals surface area contributed by atoms with E-state index in [1.165, 1.54) is 238 Å². The summed E-state index contributed by atoms with van der Waals surface area (Å²) in [5.74, 6) is 0.862. The molecule has 0 aromatic heterocycles. The minimum atomic E-state index is -0.594. The Balaban J connectivity index is 2.07. The number of phenols is 1. The molecular weight excluding hydrogens is 769 g/mol. The molecule has 2 N–H and O–H groups in total. The number of benzene rings is 1. The molecule has 0 bridgehead atoms. The summed E-state index contributed by atoms with van der Waals surface area (Å²) in [4.78, 5) is 0. The van der Waals surface area contributed by atoms with Gasteiger partial charge in [0.2, 0.25) is 0 Å². The number of aliphatic hydroxyl groups excluding tert-OH is 1. The van der Waals surface area contributed by atoms with Crippen LogP contribution in [0.3, 0.4) is 0 Å². The molecule has 0 aliphatic carbocycles. The molecule has 0 spiro atoms. The highest BCUT2D eigenvalue weighted by Crippen LogP contribution is 2.26. The molecule has 364 valence electrons. The van der Waals surface area contributed by atoms with E-state index in [1.807, 2.05) is 24.3 Å². The average Bonchev–Trinajstić information content (AvgIpc) is 3.28. The van der Waals surface area contributed by atoms with Gasteiger partial charge >= 0.3 is 0 Å². The van der Waals surface area contributed by atoms with Gasteiger partial charge in [-0.15, -0.1) is 0 Å². The zero-order chi connectivity index (χ0) is 45.4. The van der Waals surface area contributed by atoms with E-state index in [-0.39, 0.29) is 5.75 Å². The quantitative estimate of drug-likeness (QED) is 0.0390. The van der Waals surface area contributed by atoms with Gasteiger partial charge in [0, 0.05) is 6.07 Å². The SMILES string of the molecule is C=C/C=C\C(Oc1cc(O)cc(CCCCCCCCCCCCCCCCC/C=C/CCCCCCCC)c1)C(O)CCCCCCCCCCC/C=C\CCCCCCCC. The Morgan fingerprint density at radius 3 is 1.19 bits per heavy atom. The molecule has 0 saturated carbocycles. The number of allylic oxidation sites excluding steroid dienone is 6. The van der Waals surface area contributed by atoms with Crippen LogP contribution in [-0.4, -0.2) is 22.4 Å². The summed E-state index contributed by atoms with van der Waals surface area (Å²) < 4.78 is 6.30. The van der Waals surface area contributed by atoms with E-state index in [9.17, 15) is 10.2 Å². The van der Waals surface area contributed by atoms with Crippen molar-refractivity contribution in [2.45, 2.75) is 296 Å². The maximum absolute atomic E-state index is 11.1. The van der Waals surface area contributed by atoms with Crippen LogP contribution in [0.25, 0.3) is 0 Å². The smallest absolute Gasteiger partial charge is 0.143 e. The predicted octanol–water partition coefficient (Wildman–Crippen LogP) is 19.9. The lowest BCUT2D eigenvalue weighted by atomic mass is 10.0. The first-order valence-electron chi connectivity index (χ1n) is 27.9. The number of unbranched alkanes of at least 4 members (excludes halogenated alkanes) is 36. The van der Waals surface area contributed by atoms with Crippen molar-refractivity contribution in [3.8, 4) is 11.5 Å². The van der Waals surface area contributed by atoms with Crippen molar-refractivity contribution in [1.82, 2.24) is 0 Å². The second-order valence-electron chi connectivity index (χ2n) is 19.3. The molecule has 0 saturated heterocycles. The van der Waals surface area contributed by atoms with E-state index in [0.29, 0.717) is 12.2 Å². The van der Waals surface area contributed by atoms with Gasteiger partial charge in [0.15, 0.2) is 0 Å². The summed E-state index contributed by atoms with van der Waals surface area (Å²) in [6.45, 7) is 8.39. The minimum Gasteiger partial charge on any atom is -0.508 e. The van der Waals surface area contributed by atoms with Crippen molar-refractivity contribution in [2.24, 2.45) is 0 Å². The van der Waals surface area contributed by atoms with Crippen molar-refractivity contribution < 1.29 is 14.9 Å². The van der Waals surface area contributed by atoms with Crippen molar-refractivity contribution in [2.75, 3.05) is 0 Å². The van der Waals surface area contributed by atoms with Crippen LogP contribution in [0.15, 0.2) is 67.3 Å². The second-order valence-corrected chi connectivity index (χ2v) is 19.3. The van der Waals surface area contributed by atoms with Crippen molar-refractivity contribution in [3.63, 3.8) is 0 Å². The second kappa shape index (κ2) is 47.7. The fourth-order valence-electron chi connectivity index (χ4n) is 8.91. The maximum atomic E-state index is 11.1. The Kier molecular flexibility index (Phi) is 44.5. The Bertz CT molecular complexity index is 1180. The van der Waals surface area contributed by atoms with Crippen LogP contribution < -0.4 is 4.74 Å². The predicted molar refractivity (Wildman–Crippen MR) is 280 cm³/mol. The lowest BCUT2D eigenvalue weighted by Crippen LogP contribution is -2.30. The van der Waals surface area contributed by atoms with Crippen molar-refractivity contribution >= 4 is 0 Å². The molecule has 3 nitrogen and oxygen atoms in total. The van der Waals surface area contributed by atoms with Crippen LogP contribution in [0.2, 0.25) is 0 Å². The van der Waals surface area contributed by atoms with Gasteiger partial charge in [-0.2, -0.15) is 0 Å². The van der Waals surface area contributed by atoms with Crippen LogP contribution in [0.1, 0.15) is 283 Å². The number of rotatable bonds is 49. The average molecular weight is 876 g/mol. The third-order valence-corrected chi connectivity index (χ3v) is 13.0. The summed E-state index contributed by atoms with van der Waals surface area (Å²) in [7, 11) is 0. The molecule has 1 aromatic rings. The fourth-order valence-corrected chi connectivity index (χ4v) is 8.91. The Morgan fingerprint density at radius 1 is 0.460 bits per heavy atom. The van der Waals surface area contributed by atoms with E-state index in [0.717, 1.165) is 31.2 Å². The largest absolute Gasteiger partial charge is 0.508 e. The first-order valence-corrected chi connectivity index (χ1v) is 27.9. The summed E-state index contributed by atoms with van der Waals surface area (Å²) in [5.41, 5.74) is 1.10. The molecular formula is C60H106O3. The van der Waals surface area contributed by atoms with Crippen LogP contribution in [-0.2, 0) is 6.42 Å². The molecule has 3 heteroatoms. The van der Waals surface area contributed by atoms with Crippen LogP contribution >= 0.6 is 0 Å². The summed E-state index contributed by atoms with van der Waals surface area (Å²) in [5, 5.41) is 21.6. The van der Waals surface area contributed by atoms with E-state index < -0.39 is 12.2 Å². The highest BCUT2D eigenvalue weighted by atomic mass is 16.5. The summed E-state index contributed by atoms with van der Waals surface area (Å²) in [6, 6.07) is 5.59. The minimum absolute atomic E-state index is 0.233. The van der Waals surface area contributed by atoms with Gasteiger partial charge in [-0.1, -0.05) is 256 Å². The molecule has 2 atom stereocenters. The first-order chi connectivity index (χ1) is 31.1. The van der Waals surface area contributed by atoms with E-state index in [2.05, 4.69) is 44.7 Å². The molecule has 0 fully saturated rings. The molecule has 0 heterocycles. The number of aromatic hydroxyl groups is 1. The highest BCUT2D eigenvalue weighted by Gasteiger charge is 2.19. The van der Waals surface area contributed by atoms with Gasteiger partial charge in [-0.3, -0.25) is 0 Å². The van der Waals surface area contributed by atoms with Crippen LogP contribution in [0, 0.1) is 0 Å². The molecule has 63 heavy (non-hydrogen) atoms. The number of ether oxygens (including phenoxy) is 1. The van der Waals surface area contributed by atoms with Gasteiger partial charge in [-0.25, -0.2) is 0 Å². The number of hydrogen-bond acceptors (Lipinski definition) is 3. The maximum Gasteiger partial charge on any atom is 0.143 e. The Hall–Kier alpha value is -2.26. The highest BCUT2D eigenvalue weighted by molar-refractivity contribution is 5.38. The molecule has 1 aromatic carbocycles. The zero-order valence-corrected chi connectivity index (χ0v) is 42.1. The van der Waals surface area contributed by atoms with E-state index in [1.54, 1.807) is 12.1 Å².